The van der Waals surface area contributed by atoms with Crippen LogP contribution in [0.3, 0.4) is 0 Å². The van der Waals surface area contributed by atoms with Crippen molar-refractivity contribution in [1.29, 1.82) is 0 Å². The van der Waals surface area contributed by atoms with Gasteiger partial charge in [0, 0.05) is 11.0 Å². The van der Waals surface area contributed by atoms with Gasteiger partial charge in [0.05, 0.1) is 0 Å². The van der Waals surface area contributed by atoms with Gasteiger partial charge in [-0.15, -0.1) is 0 Å². The van der Waals surface area contributed by atoms with E-state index in [0.717, 1.165) is 37.1 Å². The Kier molecular flexibility index (Phi) is 3.30. The van der Waals surface area contributed by atoms with Crippen molar-refractivity contribution in [2.45, 2.75) is 32.1 Å². The third-order valence-electron chi connectivity index (χ3n) is 4.08. The zero-order valence-electron chi connectivity index (χ0n) is 11.7. The van der Waals surface area contributed by atoms with Crippen molar-refractivity contribution in [1.82, 2.24) is 15.5 Å². The molecule has 106 valence electrons. The maximum absolute atomic E-state index is 13.1. The Balaban J connectivity index is 1.93. The van der Waals surface area contributed by atoms with Crippen molar-refractivity contribution in [2.24, 2.45) is 0 Å². The highest BCUT2D eigenvalue weighted by Gasteiger charge is 2.34. The van der Waals surface area contributed by atoms with E-state index < -0.39 is 0 Å². The molecule has 0 spiro atoms. The first-order chi connectivity index (χ1) is 9.58. The normalized spacial score (nSPS) is 18.1. The van der Waals surface area contributed by atoms with E-state index in [4.69, 9.17) is 4.52 Å². The number of hydrogen-bond donors (Lipinski definition) is 1. The molecule has 0 aliphatic carbocycles. The molecule has 0 amide bonds. The Hall–Kier alpha value is -1.75. The summed E-state index contributed by atoms with van der Waals surface area (Å²) in [5.41, 5.74) is 1.57. The molecule has 2 aromatic rings. The highest BCUT2D eigenvalue weighted by molar-refractivity contribution is 5.59. The van der Waals surface area contributed by atoms with Gasteiger partial charge in [-0.2, -0.15) is 4.98 Å². The van der Waals surface area contributed by atoms with Crippen LogP contribution < -0.4 is 5.32 Å². The van der Waals surface area contributed by atoms with Gasteiger partial charge in [0.1, 0.15) is 5.82 Å². The average molecular weight is 275 g/mol. The lowest BCUT2D eigenvalue weighted by atomic mass is 9.81. The van der Waals surface area contributed by atoms with Crippen molar-refractivity contribution >= 4 is 0 Å². The van der Waals surface area contributed by atoms with Crippen LogP contribution >= 0.6 is 0 Å². The molecule has 0 saturated carbocycles. The van der Waals surface area contributed by atoms with Crippen LogP contribution in [-0.2, 0) is 5.41 Å². The molecule has 5 heteroatoms. The Morgan fingerprint density at radius 1 is 1.30 bits per heavy atom. The quantitative estimate of drug-likeness (QED) is 0.915. The Bertz CT molecular complexity index is 617. The van der Waals surface area contributed by atoms with Crippen molar-refractivity contribution in [3.05, 3.63) is 35.5 Å². The fourth-order valence-electron chi connectivity index (χ4n) is 2.65. The molecule has 1 aromatic carbocycles. The highest BCUT2D eigenvalue weighted by Crippen LogP contribution is 2.33. The monoisotopic (exact) mass is 275 g/mol. The molecule has 1 aliphatic rings. The van der Waals surface area contributed by atoms with E-state index in [1.165, 1.54) is 12.1 Å². The molecule has 0 radical (unpaired) electrons. The van der Waals surface area contributed by atoms with Gasteiger partial charge in [-0.1, -0.05) is 12.1 Å². The lowest BCUT2D eigenvalue weighted by Gasteiger charge is -2.30. The van der Waals surface area contributed by atoms with E-state index in [0.29, 0.717) is 11.7 Å². The predicted octanol–water partition coefficient (Wildman–Crippen LogP) is 2.83. The molecule has 1 fully saturated rings. The number of nitrogens with one attached hydrogen (secondary N) is 1. The van der Waals surface area contributed by atoms with E-state index >= 15 is 0 Å². The van der Waals surface area contributed by atoms with Gasteiger partial charge in [0.15, 0.2) is 0 Å². The van der Waals surface area contributed by atoms with Crippen LogP contribution in [0.4, 0.5) is 4.39 Å². The maximum Gasteiger partial charge on any atom is 0.232 e. The van der Waals surface area contributed by atoms with E-state index in [1.54, 1.807) is 6.07 Å². The summed E-state index contributed by atoms with van der Waals surface area (Å²) in [5, 5.41) is 7.40. The van der Waals surface area contributed by atoms with Crippen LogP contribution in [0, 0.1) is 12.7 Å². The van der Waals surface area contributed by atoms with E-state index in [9.17, 15) is 4.39 Å². The Morgan fingerprint density at radius 3 is 2.75 bits per heavy atom. The highest BCUT2D eigenvalue weighted by atomic mass is 19.1. The minimum Gasteiger partial charge on any atom is -0.338 e. The molecule has 1 N–H and O–H groups in total. The van der Waals surface area contributed by atoms with Gasteiger partial charge in [-0.05, 0) is 56.6 Å². The Labute approximate surface area is 117 Å². The molecular weight excluding hydrogens is 257 g/mol. The fraction of sp³-hybridized carbons (Fsp3) is 0.467. The zero-order valence-corrected chi connectivity index (χ0v) is 11.7. The predicted molar refractivity (Wildman–Crippen MR) is 73.9 cm³/mol. The summed E-state index contributed by atoms with van der Waals surface area (Å²) in [4.78, 5) is 4.54. The lowest BCUT2D eigenvalue weighted by molar-refractivity contribution is 0.241. The van der Waals surface area contributed by atoms with Gasteiger partial charge >= 0.3 is 0 Å². The number of piperidine rings is 1. The standard InChI is InChI=1S/C15H18FN3O/c1-10-9-11(16)3-4-12(10)13-18-14(20-19-13)15(2)5-7-17-8-6-15/h3-4,9,17H,5-8H2,1-2H3. The smallest absolute Gasteiger partial charge is 0.232 e. The first kappa shape index (κ1) is 13.2. The van der Waals surface area contributed by atoms with Crippen LogP contribution in [-0.4, -0.2) is 23.2 Å². The summed E-state index contributed by atoms with van der Waals surface area (Å²) >= 11 is 0. The van der Waals surface area contributed by atoms with Crippen molar-refractivity contribution in [3.8, 4) is 11.4 Å². The molecule has 0 bridgehead atoms. The van der Waals surface area contributed by atoms with E-state index in [2.05, 4.69) is 22.4 Å². The van der Waals surface area contributed by atoms with Gasteiger partial charge in [-0.3, -0.25) is 0 Å². The SMILES string of the molecule is Cc1cc(F)ccc1-c1noc(C2(C)CCNCC2)n1. The third-order valence-corrected chi connectivity index (χ3v) is 4.08. The maximum atomic E-state index is 13.1. The molecule has 1 aliphatic heterocycles. The van der Waals surface area contributed by atoms with E-state index in [1.807, 2.05) is 6.92 Å². The first-order valence-electron chi connectivity index (χ1n) is 6.90. The van der Waals surface area contributed by atoms with Crippen LogP contribution in [0.2, 0.25) is 0 Å². The van der Waals surface area contributed by atoms with Gasteiger partial charge in [0.25, 0.3) is 0 Å². The number of aryl methyl sites for hydroxylation is 1. The molecule has 2 heterocycles. The molecule has 3 rings (SSSR count). The summed E-state index contributed by atoms with van der Waals surface area (Å²) in [5.74, 6) is 0.968. The lowest BCUT2D eigenvalue weighted by Crippen LogP contribution is -2.37. The topological polar surface area (TPSA) is 51.0 Å². The minimum atomic E-state index is -0.250. The first-order valence-corrected chi connectivity index (χ1v) is 6.90. The summed E-state index contributed by atoms with van der Waals surface area (Å²) in [6.45, 7) is 5.93. The number of nitrogens with zero attached hydrogens (tertiary/aromatic N) is 2. The van der Waals surface area contributed by atoms with Crippen LogP contribution in [0.1, 0.15) is 31.2 Å². The van der Waals surface area contributed by atoms with Crippen LogP contribution in [0.25, 0.3) is 11.4 Å². The molecule has 0 atom stereocenters. The molecule has 1 aromatic heterocycles. The average Bonchev–Trinajstić information content (AvgIpc) is 2.90. The van der Waals surface area contributed by atoms with Gasteiger partial charge < -0.3 is 9.84 Å². The van der Waals surface area contributed by atoms with Crippen molar-refractivity contribution in [3.63, 3.8) is 0 Å². The van der Waals surface area contributed by atoms with E-state index in [-0.39, 0.29) is 11.2 Å². The van der Waals surface area contributed by atoms with Gasteiger partial charge in [0.2, 0.25) is 11.7 Å². The summed E-state index contributed by atoms with van der Waals surface area (Å²) < 4.78 is 18.6. The number of benzene rings is 1. The molecule has 0 unspecified atom stereocenters. The van der Waals surface area contributed by atoms with Crippen molar-refractivity contribution < 1.29 is 8.91 Å². The Morgan fingerprint density at radius 2 is 2.05 bits per heavy atom. The summed E-state index contributed by atoms with van der Waals surface area (Å²) in [7, 11) is 0. The largest absolute Gasteiger partial charge is 0.338 e. The summed E-state index contributed by atoms with van der Waals surface area (Å²) in [6, 6.07) is 4.60. The fourth-order valence-corrected chi connectivity index (χ4v) is 2.65. The van der Waals surface area contributed by atoms with Gasteiger partial charge in [-0.25, -0.2) is 4.39 Å². The second-order valence-corrected chi connectivity index (χ2v) is 5.69. The zero-order chi connectivity index (χ0) is 14.2. The third kappa shape index (κ3) is 2.33. The molecule has 20 heavy (non-hydrogen) atoms. The second-order valence-electron chi connectivity index (χ2n) is 5.69. The van der Waals surface area contributed by atoms with Crippen molar-refractivity contribution in [2.75, 3.05) is 13.1 Å². The number of hydrogen-bond acceptors (Lipinski definition) is 4. The molecular formula is C15H18FN3O. The van der Waals surface area contributed by atoms with Crippen LogP contribution in [0.5, 0.6) is 0 Å². The molecule has 1 saturated heterocycles. The minimum absolute atomic E-state index is 0.0650. The van der Waals surface area contributed by atoms with Crippen LogP contribution in [0.15, 0.2) is 22.7 Å². The summed E-state index contributed by atoms with van der Waals surface area (Å²) in [6.07, 6.45) is 1.97. The number of aromatic nitrogens is 2. The second kappa shape index (κ2) is 4.98. The number of halogens is 1. The number of rotatable bonds is 2. The molecule has 4 nitrogen and oxygen atoms in total.